The van der Waals surface area contributed by atoms with Crippen molar-refractivity contribution in [3.63, 3.8) is 0 Å². The van der Waals surface area contributed by atoms with Crippen molar-refractivity contribution in [1.29, 1.82) is 0 Å². The maximum atomic E-state index is 12.4. The highest BCUT2D eigenvalue weighted by atomic mass is 16.5. The number of rotatable bonds is 2. The molecule has 0 spiro atoms. The Morgan fingerprint density at radius 3 is 3.21 bits per heavy atom. The number of carbonyl (C=O) groups excluding carboxylic acids is 1. The largest absolute Gasteiger partial charge is 0.463 e. The second-order valence-corrected chi connectivity index (χ2v) is 4.57. The molecular formula is C13H15N3O3. The average molecular weight is 261 g/mol. The monoisotopic (exact) mass is 261 g/mol. The molecule has 6 nitrogen and oxygen atoms in total. The molecule has 1 fully saturated rings. The first-order chi connectivity index (χ1) is 9.25. The van der Waals surface area contributed by atoms with E-state index in [0.717, 1.165) is 0 Å². The summed E-state index contributed by atoms with van der Waals surface area (Å²) in [4.78, 5) is 14.1. The van der Waals surface area contributed by atoms with Crippen molar-refractivity contribution < 1.29 is 13.9 Å². The standard InChI is InChI=1S/C13H15N3O3/c1-9-8-18-6-4-16(9)13(17)11-7-10(14-15-11)12-3-2-5-19-12/h2-3,5,7,9H,4,6,8H2,1H3,(H,14,15)/t9-/m0/s1. The molecule has 0 aromatic carbocycles. The Labute approximate surface area is 110 Å². The molecule has 1 atom stereocenters. The number of ether oxygens (including phenoxy) is 1. The molecule has 1 amide bonds. The van der Waals surface area contributed by atoms with Gasteiger partial charge in [0.2, 0.25) is 0 Å². The van der Waals surface area contributed by atoms with Gasteiger partial charge in [-0.25, -0.2) is 0 Å². The summed E-state index contributed by atoms with van der Waals surface area (Å²) in [5, 5.41) is 6.89. The van der Waals surface area contributed by atoms with Crippen LogP contribution >= 0.6 is 0 Å². The Morgan fingerprint density at radius 1 is 1.58 bits per heavy atom. The van der Waals surface area contributed by atoms with Crippen LogP contribution in [0.15, 0.2) is 28.9 Å². The van der Waals surface area contributed by atoms with E-state index in [-0.39, 0.29) is 11.9 Å². The highest BCUT2D eigenvalue weighted by Gasteiger charge is 2.26. The van der Waals surface area contributed by atoms with Gasteiger partial charge in [-0.3, -0.25) is 9.89 Å². The highest BCUT2D eigenvalue weighted by Crippen LogP contribution is 2.19. The van der Waals surface area contributed by atoms with Gasteiger partial charge in [-0.1, -0.05) is 0 Å². The molecule has 1 saturated heterocycles. The maximum absolute atomic E-state index is 12.4. The summed E-state index contributed by atoms with van der Waals surface area (Å²) in [5.74, 6) is 0.589. The fourth-order valence-electron chi connectivity index (χ4n) is 2.17. The molecular weight excluding hydrogens is 246 g/mol. The topological polar surface area (TPSA) is 71.4 Å². The first-order valence-corrected chi connectivity index (χ1v) is 6.23. The van der Waals surface area contributed by atoms with E-state index in [0.29, 0.717) is 36.9 Å². The van der Waals surface area contributed by atoms with E-state index in [1.54, 1.807) is 23.3 Å². The van der Waals surface area contributed by atoms with Gasteiger partial charge in [0.05, 0.1) is 25.5 Å². The lowest BCUT2D eigenvalue weighted by Crippen LogP contribution is -2.47. The quantitative estimate of drug-likeness (QED) is 0.890. The molecule has 0 unspecified atom stereocenters. The number of amides is 1. The van der Waals surface area contributed by atoms with Crippen molar-refractivity contribution in [3.8, 4) is 11.5 Å². The van der Waals surface area contributed by atoms with Crippen LogP contribution in [-0.4, -0.2) is 46.8 Å². The number of aromatic amines is 1. The van der Waals surface area contributed by atoms with E-state index in [4.69, 9.17) is 9.15 Å². The number of morpholine rings is 1. The van der Waals surface area contributed by atoms with Crippen LogP contribution in [0.25, 0.3) is 11.5 Å². The second kappa shape index (κ2) is 4.89. The molecule has 0 aliphatic carbocycles. The number of nitrogens with zero attached hydrogens (tertiary/aromatic N) is 2. The lowest BCUT2D eigenvalue weighted by Gasteiger charge is -2.32. The average Bonchev–Trinajstić information content (AvgIpc) is 3.09. The molecule has 0 radical (unpaired) electrons. The lowest BCUT2D eigenvalue weighted by molar-refractivity contribution is 0.00327. The van der Waals surface area contributed by atoms with E-state index < -0.39 is 0 Å². The van der Waals surface area contributed by atoms with Crippen LogP contribution in [0, 0.1) is 0 Å². The van der Waals surface area contributed by atoms with Crippen LogP contribution in [0.3, 0.4) is 0 Å². The number of aromatic nitrogens is 2. The summed E-state index contributed by atoms with van der Waals surface area (Å²) in [6, 6.07) is 5.40. The predicted molar refractivity (Wildman–Crippen MR) is 67.6 cm³/mol. The fourth-order valence-corrected chi connectivity index (χ4v) is 2.17. The predicted octanol–water partition coefficient (Wildman–Crippen LogP) is 1.53. The third kappa shape index (κ3) is 2.26. The number of hydrogen-bond acceptors (Lipinski definition) is 4. The summed E-state index contributed by atoms with van der Waals surface area (Å²) in [5.41, 5.74) is 1.11. The summed E-state index contributed by atoms with van der Waals surface area (Å²) < 4.78 is 10.6. The van der Waals surface area contributed by atoms with Crippen molar-refractivity contribution in [3.05, 3.63) is 30.2 Å². The van der Waals surface area contributed by atoms with E-state index >= 15 is 0 Å². The zero-order chi connectivity index (χ0) is 13.2. The van der Waals surface area contributed by atoms with Crippen LogP contribution < -0.4 is 0 Å². The number of H-pyrrole nitrogens is 1. The van der Waals surface area contributed by atoms with Gasteiger partial charge in [-0.15, -0.1) is 0 Å². The van der Waals surface area contributed by atoms with Gasteiger partial charge in [-0.2, -0.15) is 5.10 Å². The van der Waals surface area contributed by atoms with Crippen LogP contribution in [0.1, 0.15) is 17.4 Å². The zero-order valence-corrected chi connectivity index (χ0v) is 10.6. The van der Waals surface area contributed by atoms with Crippen molar-refractivity contribution >= 4 is 5.91 Å². The highest BCUT2D eigenvalue weighted by molar-refractivity contribution is 5.93. The first kappa shape index (κ1) is 12.0. The molecule has 19 heavy (non-hydrogen) atoms. The molecule has 2 aromatic heterocycles. The van der Waals surface area contributed by atoms with Crippen molar-refractivity contribution in [2.75, 3.05) is 19.8 Å². The molecule has 0 saturated carbocycles. The molecule has 1 aliphatic rings. The van der Waals surface area contributed by atoms with E-state index in [1.165, 1.54) is 0 Å². The summed E-state index contributed by atoms with van der Waals surface area (Å²) in [6.45, 7) is 3.72. The third-order valence-corrected chi connectivity index (χ3v) is 3.21. The zero-order valence-electron chi connectivity index (χ0n) is 10.6. The molecule has 6 heteroatoms. The molecule has 0 bridgehead atoms. The van der Waals surface area contributed by atoms with Crippen LogP contribution in [0.5, 0.6) is 0 Å². The van der Waals surface area contributed by atoms with Crippen molar-refractivity contribution in [1.82, 2.24) is 15.1 Å². The second-order valence-electron chi connectivity index (χ2n) is 4.57. The summed E-state index contributed by atoms with van der Waals surface area (Å²) >= 11 is 0. The minimum Gasteiger partial charge on any atom is -0.463 e. The van der Waals surface area contributed by atoms with E-state index in [1.807, 2.05) is 13.0 Å². The molecule has 100 valence electrons. The lowest BCUT2D eigenvalue weighted by atomic mass is 10.2. The Morgan fingerprint density at radius 2 is 2.47 bits per heavy atom. The number of hydrogen-bond donors (Lipinski definition) is 1. The Hall–Kier alpha value is -2.08. The minimum absolute atomic E-state index is 0.0741. The smallest absolute Gasteiger partial charge is 0.274 e. The molecule has 3 rings (SSSR count). The van der Waals surface area contributed by atoms with Crippen molar-refractivity contribution in [2.45, 2.75) is 13.0 Å². The number of nitrogens with one attached hydrogen (secondary N) is 1. The molecule has 3 heterocycles. The Kier molecular flexibility index (Phi) is 3.08. The van der Waals surface area contributed by atoms with Gasteiger partial charge in [0.15, 0.2) is 11.5 Å². The van der Waals surface area contributed by atoms with Gasteiger partial charge in [0, 0.05) is 12.6 Å². The SMILES string of the molecule is C[C@H]1COCCN1C(=O)c1cc(-c2ccco2)[nH]n1. The van der Waals surface area contributed by atoms with E-state index in [2.05, 4.69) is 10.2 Å². The fraction of sp³-hybridized carbons (Fsp3) is 0.385. The number of furan rings is 1. The first-order valence-electron chi connectivity index (χ1n) is 6.23. The van der Waals surface area contributed by atoms with Crippen LogP contribution in [0.2, 0.25) is 0 Å². The number of carbonyl (C=O) groups is 1. The van der Waals surface area contributed by atoms with Crippen LogP contribution in [0.4, 0.5) is 0 Å². The molecule has 1 aliphatic heterocycles. The van der Waals surface area contributed by atoms with Gasteiger partial charge in [0.25, 0.3) is 5.91 Å². The van der Waals surface area contributed by atoms with E-state index in [9.17, 15) is 4.79 Å². The van der Waals surface area contributed by atoms with Gasteiger partial charge >= 0.3 is 0 Å². The summed E-state index contributed by atoms with van der Waals surface area (Å²) in [7, 11) is 0. The normalized spacial score (nSPS) is 19.6. The van der Waals surface area contributed by atoms with Crippen molar-refractivity contribution in [2.24, 2.45) is 0 Å². The Bertz CT molecular complexity index is 561. The van der Waals surface area contributed by atoms with Gasteiger partial charge in [-0.05, 0) is 19.1 Å². The van der Waals surface area contributed by atoms with Gasteiger partial charge < -0.3 is 14.1 Å². The Balaban J connectivity index is 1.80. The molecule has 2 aromatic rings. The molecule has 1 N–H and O–H groups in total. The summed E-state index contributed by atoms with van der Waals surface area (Å²) in [6.07, 6.45) is 1.59. The maximum Gasteiger partial charge on any atom is 0.274 e. The van der Waals surface area contributed by atoms with Gasteiger partial charge in [0.1, 0.15) is 5.69 Å². The van der Waals surface area contributed by atoms with Crippen LogP contribution in [-0.2, 0) is 4.74 Å². The minimum atomic E-state index is -0.0788. The third-order valence-electron chi connectivity index (χ3n) is 3.21.